The van der Waals surface area contributed by atoms with E-state index in [-0.39, 0.29) is 12.0 Å². The first-order valence-electron chi connectivity index (χ1n) is 9.11. The van der Waals surface area contributed by atoms with Crippen molar-refractivity contribution in [2.75, 3.05) is 0 Å². The molecule has 0 radical (unpaired) electrons. The van der Waals surface area contributed by atoms with Gasteiger partial charge in [0.1, 0.15) is 0 Å². The lowest BCUT2D eigenvalue weighted by molar-refractivity contribution is 0.281. The number of aliphatic hydroxyl groups is 1. The summed E-state index contributed by atoms with van der Waals surface area (Å²) in [6, 6.07) is 15.5. The summed E-state index contributed by atoms with van der Waals surface area (Å²) in [5.41, 5.74) is 6.92. The van der Waals surface area contributed by atoms with Crippen LogP contribution in [0, 0.1) is 0 Å². The molecule has 0 heterocycles. The molecule has 0 fully saturated rings. The maximum absolute atomic E-state index is 9.61. The van der Waals surface area contributed by atoms with Gasteiger partial charge in [-0.3, -0.25) is 0 Å². The molecule has 0 saturated heterocycles. The topological polar surface area (TPSA) is 20.2 Å². The number of rotatable bonds is 7. The van der Waals surface area contributed by atoms with Gasteiger partial charge in [-0.2, -0.15) is 0 Å². The molecule has 0 saturated carbocycles. The summed E-state index contributed by atoms with van der Waals surface area (Å²) in [4.78, 5) is 0. The minimum absolute atomic E-state index is 0.126. The van der Waals surface area contributed by atoms with Gasteiger partial charge in [0, 0.05) is 5.41 Å². The Labute approximate surface area is 140 Å². The zero-order valence-electron chi connectivity index (χ0n) is 14.4. The fourth-order valence-electron chi connectivity index (χ4n) is 4.22. The Kier molecular flexibility index (Phi) is 4.87. The molecule has 1 aliphatic rings. The predicted octanol–water partition coefficient (Wildman–Crippen LogP) is 5.83. The van der Waals surface area contributed by atoms with Gasteiger partial charge >= 0.3 is 0 Å². The van der Waals surface area contributed by atoms with E-state index >= 15 is 0 Å². The Hall–Kier alpha value is -1.60. The Morgan fingerprint density at radius 1 is 0.826 bits per heavy atom. The van der Waals surface area contributed by atoms with Crippen molar-refractivity contribution in [3.8, 4) is 11.1 Å². The third kappa shape index (κ3) is 2.72. The summed E-state index contributed by atoms with van der Waals surface area (Å²) in [5, 5.41) is 9.61. The monoisotopic (exact) mass is 308 g/mol. The number of hydrogen-bond acceptors (Lipinski definition) is 1. The summed E-state index contributed by atoms with van der Waals surface area (Å²) in [6.45, 7) is 4.68. The van der Waals surface area contributed by atoms with E-state index in [1.165, 1.54) is 60.8 Å². The third-order valence-corrected chi connectivity index (χ3v) is 5.43. The SMILES string of the molecule is CCCCC1(CCCC)c2ccccc2-c2ccc(CO)cc21. The zero-order valence-corrected chi connectivity index (χ0v) is 14.4. The molecule has 0 amide bonds. The smallest absolute Gasteiger partial charge is 0.0681 e. The van der Waals surface area contributed by atoms with E-state index < -0.39 is 0 Å². The average molecular weight is 308 g/mol. The summed E-state index contributed by atoms with van der Waals surface area (Å²) in [6.07, 6.45) is 7.38. The molecule has 2 aromatic rings. The average Bonchev–Trinajstić information content (AvgIpc) is 2.88. The van der Waals surface area contributed by atoms with Gasteiger partial charge in [0.2, 0.25) is 0 Å². The van der Waals surface area contributed by atoms with Crippen molar-refractivity contribution in [2.45, 2.75) is 64.4 Å². The van der Waals surface area contributed by atoms with Gasteiger partial charge < -0.3 is 5.11 Å². The van der Waals surface area contributed by atoms with E-state index in [0.717, 1.165) is 5.56 Å². The molecule has 1 heteroatoms. The van der Waals surface area contributed by atoms with Crippen molar-refractivity contribution >= 4 is 0 Å². The maximum Gasteiger partial charge on any atom is 0.0681 e. The van der Waals surface area contributed by atoms with Crippen molar-refractivity contribution in [2.24, 2.45) is 0 Å². The van der Waals surface area contributed by atoms with Crippen molar-refractivity contribution in [1.82, 2.24) is 0 Å². The molecule has 2 aromatic carbocycles. The lowest BCUT2D eigenvalue weighted by atomic mass is 9.70. The van der Waals surface area contributed by atoms with Gasteiger partial charge in [0.15, 0.2) is 0 Å². The first kappa shape index (κ1) is 16.3. The maximum atomic E-state index is 9.61. The Balaban J connectivity index is 2.19. The van der Waals surface area contributed by atoms with Crippen LogP contribution >= 0.6 is 0 Å². The normalized spacial score (nSPS) is 14.6. The fourth-order valence-corrected chi connectivity index (χ4v) is 4.22. The molecule has 0 unspecified atom stereocenters. The van der Waals surface area contributed by atoms with Crippen molar-refractivity contribution in [3.63, 3.8) is 0 Å². The molecule has 1 aliphatic carbocycles. The molecular formula is C22H28O. The standard InChI is InChI=1S/C22H28O/c1-3-5-13-22(14-6-4-2)20-10-8-7-9-18(20)19-12-11-17(16-23)15-21(19)22/h7-12,15,23H,3-6,13-14,16H2,1-2H3. The fraction of sp³-hybridized carbons (Fsp3) is 0.455. The van der Waals surface area contributed by atoms with Crippen LogP contribution in [0.15, 0.2) is 42.5 Å². The van der Waals surface area contributed by atoms with Crippen LogP contribution in [0.25, 0.3) is 11.1 Å². The Morgan fingerprint density at radius 2 is 1.48 bits per heavy atom. The first-order valence-corrected chi connectivity index (χ1v) is 9.11. The van der Waals surface area contributed by atoms with E-state index in [0.29, 0.717) is 0 Å². The molecule has 3 rings (SSSR count). The van der Waals surface area contributed by atoms with E-state index in [9.17, 15) is 5.11 Å². The van der Waals surface area contributed by atoms with E-state index in [1.54, 1.807) is 0 Å². The van der Waals surface area contributed by atoms with Crippen LogP contribution in [0.2, 0.25) is 0 Å². The Morgan fingerprint density at radius 3 is 2.13 bits per heavy atom. The minimum Gasteiger partial charge on any atom is -0.392 e. The molecule has 1 nitrogen and oxygen atoms in total. The van der Waals surface area contributed by atoms with Crippen LogP contribution in [0.1, 0.15) is 69.1 Å². The molecule has 0 atom stereocenters. The van der Waals surface area contributed by atoms with Crippen LogP contribution in [-0.2, 0) is 12.0 Å². The van der Waals surface area contributed by atoms with Crippen LogP contribution in [0.3, 0.4) is 0 Å². The third-order valence-electron chi connectivity index (χ3n) is 5.43. The quantitative estimate of drug-likeness (QED) is 0.682. The second-order valence-corrected chi connectivity index (χ2v) is 6.87. The predicted molar refractivity (Wildman–Crippen MR) is 97.6 cm³/mol. The van der Waals surface area contributed by atoms with Gasteiger partial charge in [-0.05, 0) is 40.7 Å². The van der Waals surface area contributed by atoms with Crippen LogP contribution < -0.4 is 0 Å². The number of aliphatic hydroxyl groups excluding tert-OH is 1. The van der Waals surface area contributed by atoms with Gasteiger partial charge in [0.05, 0.1) is 6.61 Å². The lowest BCUT2D eigenvalue weighted by Gasteiger charge is -2.32. The number of hydrogen-bond donors (Lipinski definition) is 1. The summed E-state index contributed by atoms with van der Waals surface area (Å²) >= 11 is 0. The van der Waals surface area contributed by atoms with E-state index in [1.807, 2.05) is 0 Å². The minimum atomic E-state index is 0.126. The van der Waals surface area contributed by atoms with Crippen LogP contribution in [0.4, 0.5) is 0 Å². The summed E-state index contributed by atoms with van der Waals surface area (Å²) in [7, 11) is 0. The highest BCUT2D eigenvalue weighted by Gasteiger charge is 2.41. The highest BCUT2D eigenvalue weighted by Crippen LogP contribution is 2.54. The second-order valence-electron chi connectivity index (χ2n) is 6.87. The molecule has 0 bridgehead atoms. The number of fused-ring (bicyclic) bond motifs is 3. The molecule has 0 aliphatic heterocycles. The highest BCUT2D eigenvalue weighted by molar-refractivity contribution is 5.81. The lowest BCUT2D eigenvalue weighted by Crippen LogP contribution is -2.25. The molecule has 122 valence electrons. The largest absolute Gasteiger partial charge is 0.392 e. The highest BCUT2D eigenvalue weighted by atomic mass is 16.3. The van der Waals surface area contributed by atoms with Gasteiger partial charge in [-0.1, -0.05) is 82.0 Å². The number of benzene rings is 2. The van der Waals surface area contributed by atoms with E-state index in [2.05, 4.69) is 56.3 Å². The van der Waals surface area contributed by atoms with Crippen molar-refractivity contribution < 1.29 is 5.11 Å². The summed E-state index contributed by atoms with van der Waals surface area (Å²) < 4.78 is 0. The molecule has 0 spiro atoms. The van der Waals surface area contributed by atoms with Crippen LogP contribution in [0.5, 0.6) is 0 Å². The van der Waals surface area contributed by atoms with Gasteiger partial charge in [-0.25, -0.2) is 0 Å². The first-order chi connectivity index (χ1) is 11.3. The van der Waals surface area contributed by atoms with Gasteiger partial charge in [0.25, 0.3) is 0 Å². The molecular weight excluding hydrogens is 280 g/mol. The number of unbranched alkanes of at least 4 members (excludes halogenated alkanes) is 2. The molecule has 23 heavy (non-hydrogen) atoms. The van der Waals surface area contributed by atoms with Crippen molar-refractivity contribution in [1.29, 1.82) is 0 Å². The van der Waals surface area contributed by atoms with Gasteiger partial charge in [-0.15, -0.1) is 0 Å². The zero-order chi connectivity index (χ0) is 16.3. The Bertz CT molecular complexity index is 663. The van der Waals surface area contributed by atoms with Crippen LogP contribution in [-0.4, -0.2) is 5.11 Å². The second kappa shape index (κ2) is 6.88. The summed E-state index contributed by atoms with van der Waals surface area (Å²) in [5.74, 6) is 0. The molecule has 1 N–H and O–H groups in total. The molecule has 0 aromatic heterocycles. The van der Waals surface area contributed by atoms with E-state index in [4.69, 9.17) is 0 Å². The van der Waals surface area contributed by atoms with Crippen molar-refractivity contribution in [3.05, 3.63) is 59.2 Å².